The van der Waals surface area contributed by atoms with Gasteiger partial charge in [0.2, 0.25) is 11.8 Å². The Bertz CT molecular complexity index is 448. The van der Waals surface area contributed by atoms with Crippen molar-refractivity contribution in [2.75, 3.05) is 39.3 Å². The van der Waals surface area contributed by atoms with E-state index in [-0.39, 0.29) is 0 Å². The Balaban J connectivity index is 1.37. The van der Waals surface area contributed by atoms with E-state index in [4.69, 9.17) is 0 Å². The second kappa shape index (κ2) is 9.02. The molecule has 0 bridgehead atoms. The number of nitrogens with zero attached hydrogens (tertiary/aromatic N) is 2. The molecule has 0 aromatic rings. The molecular weight excluding hydrogens is 314 g/mol. The van der Waals surface area contributed by atoms with Crippen molar-refractivity contribution in [2.45, 2.75) is 58.3 Å². The monoisotopic (exact) mass is 349 g/mol. The van der Waals surface area contributed by atoms with Crippen LogP contribution in [0.2, 0.25) is 0 Å². The predicted octanol–water partition coefficient (Wildman–Crippen LogP) is 2.26. The lowest BCUT2D eigenvalue weighted by atomic mass is 9.83. The van der Waals surface area contributed by atoms with Gasteiger partial charge in [0, 0.05) is 39.0 Å². The second-order valence-corrected chi connectivity index (χ2v) is 8.39. The summed E-state index contributed by atoms with van der Waals surface area (Å²) in [5.74, 6) is 2.32. The van der Waals surface area contributed by atoms with Gasteiger partial charge in [0.15, 0.2) is 0 Å². The minimum absolute atomic E-state index is 0.329. The van der Waals surface area contributed by atoms with Crippen LogP contribution in [-0.4, -0.2) is 60.9 Å². The highest BCUT2D eigenvalue weighted by Crippen LogP contribution is 2.27. The summed E-state index contributed by atoms with van der Waals surface area (Å²) >= 11 is 0. The standard InChI is InChI=1S/C20H35N3O2/c1-16(18-4-8-21-9-5-18)14-19(24)23-12-6-17(7-13-23)15-20(25)22-10-2-3-11-22/h16-18,21H,2-15H2,1H3. The largest absolute Gasteiger partial charge is 0.343 e. The fraction of sp³-hybridized carbons (Fsp3) is 0.900. The summed E-state index contributed by atoms with van der Waals surface area (Å²) in [6, 6.07) is 0. The van der Waals surface area contributed by atoms with Crippen molar-refractivity contribution in [3.8, 4) is 0 Å². The smallest absolute Gasteiger partial charge is 0.222 e. The Labute approximate surface area is 152 Å². The van der Waals surface area contributed by atoms with Crippen molar-refractivity contribution in [2.24, 2.45) is 17.8 Å². The first-order valence-corrected chi connectivity index (χ1v) is 10.4. The average Bonchev–Trinajstić information content (AvgIpc) is 3.18. The average molecular weight is 350 g/mol. The van der Waals surface area contributed by atoms with E-state index in [9.17, 15) is 9.59 Å². The summed E-state index contributed by atoms with van der Waals surface area (Å²) in [6.45, 7) is 8.02. The molecule has 0 spiro atoms. The van der Waals surface area contributed by atoms with Gasteiger partial charge < -0.3 is 15.1 Å². The van der Waals surface area contributed by atoms with Gasteiger partial charge in [-0.25, -0.2) is 0 Å². The van der Waals surface area contributed by atoms with Gasteiger partial charge in [0.05, 0.1) is 0 Å². The van der Waals surface area contributed by atoms with E-state index in [0.29, 0.717) is 42.4 Å². The van der Waals surface area contributed by atoms with E-state index < -0.39 is 0 Å². The molecule has 25 heavy (non-hydrogen) atoms. The van der Waals surface area contributed by atoms with Crippen molar-refractivity contribution in [3.63, 3.8) is 0 Å². The minimum Gasteiger partial charge on any atom is -0.343 e. The number of piperidine rings is 2. The van der Waals surface area contributed by atoms with Gasteiger partial charge in [-0.1, -0.05) is 6.92 Å². The van der Waals surface area contributed by atoms with Crippen molar-refractivity contribution < 1.29 is 9.59 Å². The predicted molar refractivity (Wildman–Crippen MR) is 99.1 cm³/mol. The molecule has 3 aliphatic heterocycles. The van der Waals surface area contributed by atoms with E-state index in [1.807, 2.05) is 4.90 Å². The van der Waals surface area contributed by atoms with Crippen LogP contribution in [0.15, 0.2) is 0 Å². The Morgan fingerprint density at radius 2 is 1.52 bits per heavy atom. The van der Waals surface area contributed by atoms with E-state index >= 15 is 0 Å². The molecule has 142 valence electrons. The lowest BCUT2D eigenvalue weighted by Gasteiger charge is -2.34. The molecule has 3 rings (SSSR count). The molecule has 3 fully saturated rings. The van der Waals surface area contributed by atoms with Crippen LogP contribution in [0.4, 0.5) is 0 Å². The van der Waals surface area contributed by atoms with Gasteiger partial charge in [-0.15, -0.1) is 0 Å². The van der Waals surface area contributed by atoms with Crippen LogP contribution in [0.5, 0.6) is 0 Å². The van der Waals surface area contributed by atoms with E-state index in [2.05, 4.69) is 17.1 Å². The van der Waals surface area contributed by atoms with Crippen LogP contribution in [0.1, 0.15) is 58.3 Å². The SMILES string of the molecule is CC(CC(=O)N1CCC(CC(=O)N2CCCC2)CC1)C1CCNCC1. The quantitative estimate of drug-likeness (QED) is 0.828. The van der Waals surface area contributed by atoms with Crippen LogP contribution >= 0.6 is 0 Å². The Morgan fingerprint density at radius 3 is 2.16 bits per heavy atom. The minimum atomic E-state index is 0.329. The van der Waals surface area contributed by atoms with Gasteiger partial charge in [-0.2, -0.15) is 0 Å². The summed E-state index contributed by atoms with van der Waals surface area (Å²) in [7, 11) is 0. The van der Waals surface area contributed by atoms with Crippen LogP contribution in [-0.2, 0) is 9.59 Å². The topological polar surface area (TPSA) is 52.7 Å². The lowest BCUT2D eigenvalue weighted by Crippen LogP contribution is -2.41. The number of carbonyl (C=O) groups is 2. The van der Waals surface area contributed by atoms with Crippen molar-refractivity contribution in [1.82, 2.24) is 15.1 Å². The maximum atomic E-state index is 12.6. The van der Waals surface area contributed by atoms with E-state index in [0.717, 1.165) is 65.0 Å². The highest BCUT2D eigenvalue weighted by Gasteiger charge is 2.29. The second-order valence-electron chi connectivity index (χ2n) is 8.39. The fourth-order valence-corrected chi connectivity index (χ4v) is 4.71. The third kappa shape index (κ3) is 5.19. The van der Waals surface area contributed by atoms with Crippen LogP contribution in [0.25, 0.3) is 0 Å². The number of nitrogens with one attached hydrogen (secondary N) is 1. The highest BCUT2D eigenvalue weighted by atomic mass is 16.2. The summed E-state index contributed by atoms with van der Waals surface area (Å²) in [4.78, 5) is 29.0. The van der Waals surface area contributed by atoms with Gasteiger partial charge in [-0.05, 0) is 69.4 Å². The molecule has 1 unspecified atom stereocenters. The van der Waals surface area contributed by atoms with E-state index in [1.54, 1.807) is 0 Å². The third-order valence-electron chi connectivity index (χ3n) is 6.57. The molecule has 1 N–H and O–H groups in total. The molecule has 0 saturated carbocycles. The number of rotatable bonds is 5. The number of amides is 2. The Hall–Kier alpha value is -1.10. The molecule has 3 aliphatic rings. The zero-order valence-corrected chi connectivity index (χ0v) is 15.8. The molecule has 5 heteroatoms. The first-order chi connectivity index (χ1) is 12.1. The van der Waals surface area contributed by atoms with Gasteiger partial charge in [-0.3, -0.25) is 9.59 Å². The summed E-state index contributed by atoms with van der Waals surface area (Å²) in [5.41, 5.74) is 0. The van der Waals surface area contributed by atoms with Crippen molar-refractivity contribution in [1.29, 1.82) is 0 Å². The van der Waals surface area contributed by atoms with Crippen LogP contribution in [0, 0.1) is 17.8 Å². The van der Waals surface area contributed by atoms with Crippen molar-refractivity contribution >= 4 is 11.8 Å². The third-order valence-corrected chi connectivity index (χ3v) is 6.57. The molecule has 5 nitrogen and oxygen atoms in total. The maximum Gasteiger partial charge on any atom is 0.222 e. The maximum absolute atomic E-state index is 12.6. The zero-order chi connectivity index (χ0) is 17.6. The molecule has 0 radical (unpaired) electrons. The fourth-order valence-electron chi connectivity index (χ4n) is 4.71. The first-order valence-electron chi connectivity index (χ1n) is 10.4. The number of hydrogen-bond donors (Lipinski definition) is 1. The molecule has 1 atom stereocenters. The van der Waals surface area contributed by atoms with Gasteiger partial charge >= 0.3 is 0 Å². The lowest BCUT2D eigenvalue weighted by molar-refractivity contribution is -0.134. The molecule has 0 aliphatic carbocycles. The number of hydrogen-bond acceptors (Lipinski definition) is 3. The highest BCUT2D eigenvalue weighted by molar-refractivity contribution is 5.77. The summed E-state index contributed by atoms with van der Waals surface area (Å²) < 4.78 is 0. The normalized spacial score (nSPS) is 24.5. The summed E-state index contributed by atoms with van der Waals surface area (Å²) in [5, 5.41) is 3.40. The zero-order valence-electron chi connectivity index (χ0n) is 15.8. The van der Waals surface area contributed by atoms with E-state index in [1.165, 1.54) is 12.8 Å². The number of likely N-dealkylation sites (tertiary alicyclic amines) is 2. The molecule has 0 aromatic heterocycles. The van der Waals surface area contributed by atoms with Gasteiger partial charge in [0.25, 0.3) is 0 Å². The summed E-state index contributed by atoms with van der Waals surface area (Å²) in [6.07, 6.45) is 8.10. The van der Waals surface area contributed by atoms with Gasteiger partial charge in [0.1, 0.15) is 0 Å². The first kappa shape index (κ1) is 18.7. The molecule has 3 saturated heterocycles. The Kier molecular flexibility index (Phi) is 6.74. The molecular formula is C20H35N3O2. The van der Waals surface area contributed by atoms with Crippen LogP contribution < -0.4 is 5.32 Å². The number of carbonyl (C=O) groups excluding carboxylic acids is 2. The molecule has 3 heterocycles. The molecule has 2 amide bonds. The Morgan fingerprint density at radius 1 is 0.920 bits per heavy atom. The van der Waals surface area contributed by atoms with Crippen molar-refractivity contribution in [3.05, 3.63) is 0 Å². The molecule has 0 aromatic carbocycles. The van der Waals surface area contributed by atoms with Crippen LogP contribution in [0.3, 0.4) is 0 Å².